The molecule has 0 atom stereocenters. The van der Waals surface area contributed by atoms with Crippen molar-refractivity contribution >= 4 is 46.4 Å². The van der Waals surface area contributed by atoms with Crippen molar-refractivity contribution in [3.8, 4) is 11.1 Å². The minimum Gasteiger partial charge on any atom is -0.321 e. The Bertz CT molecular complexity index is 892. The number of anilines is 1. The lowest BCUT2D eigenvalue weighted by Crippen LogP contribution is -2.13. The van der Waals surface area contributed by atoms with E-state index in [1.165, 1.54) is 6.20 Å². The third-order valence-corrected chi connectivity index (χ3v) is 4.09. The lowest BCUT2D eigenvalue weighted by Gasteiger charge is -2.12. The number of hydrogen-bond acceptors (Lipinski definition) is 2. The molecule has 3 rings (SSSR count). The average Bonchev–Trinajstić information content (AvgIpc) is 2.54. The lowest BCUT2D eigenvalue weighted by molar-refractivity contribution is 0.102. The van der Waals surface area contributed by atoms with Crippen LogP contribution in [0.5, 0.6) is 0 Å². The molecule has 2 aromatic carbocycles. The van der Waals surface area contributed by atoms with Crippen molar-refractivity contribution < 1.29 is 4.79 Å². The number of carbonyl (C=O) groups is 1. The summed E-state index contributed by atoms with van der Waals surface area (Å²) in [5, 5.41) is 4.05. The molecule has 3 aromatic rings. The predicted octanol–water partition coefficient (Wildman–Crippen LogP) is 5.96. The van der Waals surface area contributed by atoms with Crippen LogP contribution in [0.15, 0.2) is 60.8 Å². The SMILES string of the molecule is O=C(Nc1ccccc1-c1cc(Cl)cc(Cl)c1)c1cccnc1Cl. The van der Waals surface area contributed by atoms with Crippen LogP contribution >= 0.6 is 34.8 Å². The Balaban J connectivity index is 1.98. The second-order valence-corrected chi connectivity index (χ2v) is 6.23. The van der Waals surface area contributed by atoms with Crippen molar-refractivity contribution in [2.75, 3.05) is 5.32 Å². The number of halogens is 3. The van der Waals surface area contributed by atoms with E-state index in [4.69, 9.17) is 34.8 Å². The summed E-state index contributed by atoms with van der Waals surface area (Å²) in [7, 11) is 0. The molecule has 0 saturated carbocycles. The lowest BCUT2D eigenvalue weighted by atomic mass is 10.0. The van der Waals surface area contributed by atoms with Gasteiger partial charge >= 0.3 is 0 Å². The molecule has 3 nitrogen and oxygen atoms in total. The highest BCUT2D eigenvalue weighted by Gasteiger charge is 2.14. The normalized spacial score (nSPS) is 10.5. The maximum atomic E-state index is 12.5. The maximum absolute atomic E-state index is 12.5. The quantitative estimate of drug-likeness (QED) is 0.572. The van der Waals surface area contributed by atoms with Crippen LogP contribution < -0.4 is 5.32 Å². The fraction of sp³-hybridized carbons (Fsp3) is 0. The molecule has 1 heterocycles. The minimum absolute atomic E-state index is 0.151. The molecule has 1 amide bonds. The molecule has 0 aliphatic carbocycles. The van der Waals surface area contributed by atoms with Gasteiger partial charge in [0.25, 0.3) is 5.91 Å². The first-order chi connectivity index (χ1) is 11.5. The Kier molecular flexibility index (Phi) is 5.05. The summed E-state index contributed by atoms with van der Waals surface area (Å²) < 4.78 is 0. The molecule has 24 heavy (non-hydrogen) atoms. The molecule has 0 radical (unpaired) electrons. The number of para-hydroxylation sites is 1. The van der Waals surface area contributed by atoms with E-state index < -0.39 is 0 Å². The van der Waals surface area contributed by atoms with Gasteiger partial charge in [0.2, 0.25) is 0 Å². The zero-order valence-corrected chi connectivity index (χ0v) is 14.5. The van der Waals surface area contributed by atoms with E-state index in [-0.39, 0.29) is 11.1 Å². The van der Waals surface area contributed by atoms with Crippen LogP contribution in [-0.2, 0) is 0 Å². The van der Waals surface area contributed by atoms with E-state index in [0.717, 1.165) is 11.1 Å². The number of nitrogens with zero attached hydrogens (tertiary/aromatic N) is 1. The zero-order valence-electron chi connectivity index (χ0n) is 12.3. The molecule has 0 spiro atoms. The van der Waals surface area contributed by atoms with E-state index in [0.29, 0.717) is 21.3 Å². The van der Waals surface area contributed by atoms with Gasteiger partial charge in [-0.25, -0.2) is 4.98 Å². The van der Waals surface area contributed by atoms with Gasteiger partial charge in [-0.3, -0.25) is 4.79 Å². The van der Waals surface area contributed by atoms with Gasteiger partial charge in [-0.05, 0) is 42.0 Å². The zero-order chi connectivity index (χ0) is 17.1. The molecule has 0 saturated heterocycles. The number of hydrogen-bond donors (Lipinski definition) is 1. The van der Waals surface area contributed by atoms with Crippen molar-refractivity contribution in [3.63, 3.8) is 0 Å². The number of aromatic nitrogens is 1. The first-order valence-corrected chi connectivity index (χ1v) is 8.15. The van der Waals surface area contributed by atoms with Gasteiger partial charge in [0.15, 0.2) is 0 Å². The van der Waals surface area contributed by atoms with Crippen LogP contribution in [-0.4, -0.2) is 10.9 Å². The van der Waals surface area contributed by atoms with E-state index in [1.807, 2.05) is 18.2 Å². The van der Waals surface area contributed by atoms with E-state index in [9.17, 15) is 4.79 Å². The molecule has 120 valence electrons. The Morgan fingerprint density at radius 1 is 0.917 bits per heavy atom. The van der Waals surface area contributed by atoms with E-state index in [2.05, 4.69) is 10.3 Å². The first kappa shape index (κ1) is 16.8. The van der Waals surface area contributed by atoms with Crippen LogP contribution in [0.4, 0.5) is 5.69 Å². The molecule has 6 heteroatoms. The highest BCUT2D eigenvalue weighted by atomic mass is 35.5. The highest BCUT2D eigenvalue weighted by molar-refractivity contribution is 6.35. The third-order valence-electron chi connectivity index (χ3n) is 3.35. The van der Waals surface area contributed by atoms with E-state index in [1.54, 1.807) is 36.4 Å². The van der Waals surface area contributed by atoms with Gasteiger partial charge in [-0.2, -0.15) is 0 Å². The summed E-state index contributed by atoms with van der Waals surface area (Å²) in [6.45, 7) is 0. The topological polar surface area (TPSA) is 42.0 Å². The maximum Gasteiger partial charge on any atom is 0.258 e. The van der Waals surface area contributed by atoms with Gasteiger partial charge in [0.1, 0.15) is 5.15 Å². The number of amides is 1. The largest absolute Gasteiger partial charge is 0.321 e. The predicted molar refractivity (Wildman–Crippen MR) is 99.1 cm³/mol. The summed E-state index contributed by atoms with van der Waals surface area (Å²) >= 11 is 18.1. The number of nitrogens with one attached hydrogen (secondary N) is 1. The van der Waals surface area contributed by atoms with Crippen LogP contribution in [0.1, 0.15) is 10.4 Å². The Hall–Kier alpha value is -2.07. The van der Waals surface area contributed by atoms with Crippen molar-refractivity contribution in [2.24, 2.45) is 0 Å². The molecule has 0 bridgehead atoms. The second-order valence-electron chi connectivity index (χ2n) is 5.00. The molecule has 0 unspecified atom stereocenters. The Morgan fingerprint density at radius 2 is 1.62 bits per heavy atom. The Morgan fingerprint density at radius 3 is 2.33 bits per heavy atom. The fourth-order valence-corrected chi connectivity index (χ4v) is 3.03. The number of pyridine rings is 1. The Labute approximate surface area is 154 Å². The van der Waals surface area contributed by atoms with Crippen LogP contribution in [0.25, 0.3) is 11.1 Å². The standard InChI is InChI=1S/C18H11Cl3N2O/c19-12-8-11(9-13(20)10-12)14-4-1-2-6-16(14)23-18(24)15-5-3-7-22-17(15)21/h1-10H,(H,23,24). The van der Waals surface area contributed by atoms with Gasteiger partial charge in [-0.1, -0.05) is 53.0 Å². The van der Waals surface area contributed by atoms with Crippen molar-refractivity contribution in [2.45, 2.75) is 0 Å². The van der Waals surface area contributed by atoms with Crippen molar-refractivity contribution in [3.05, 3.63) is 81.6 Å². The van der Waals surface area contributed by atoms with Crippen LogP contribution in [0.2, 0.25) is 15.2 Å². The van der Waals surface area contributed by atoms with Gasteiger partial charge in [0, 0.05) is 27.5 Å². The molecule has 1 aromatic heterocycles. The third kappa shape index (κ3) is 3.70. The number of carbonyl (C=O) groups excluding carboxylic acids is 1. The van der Waals surface area contributed by atoms with Gasteiger partial charge in [-0.15, -0.1) is 0 Å². The molecule has 0 aliphatic heterocycles. The summed E-state index contributed by atoms with van der Waals surface area (Å²) in [4.78, 5) is 16.4. The molecular formula is C18H11Cl3N2O. The molecule has 0 aliphatic rings. The van der Waals surface area contributed by atoms with Crippen LogP contribution in [0.3, 0.4) is 0 Å². The summed E-state index contributed by atoms with van der Waals surface area (Å²) in [6, 6.07) is 15.9. The van der Waals surface area contributed by atoms with Crippen molar-refractivity contribution in [1.29, 1.82) is 0 Å². The number of benzene rings is 2. The van der Waals surface area contributed by atoms with Gasteiger partial charge in [0.05, 0.1) is 5.56 Å². The molecule has 1 N–H and O–H groups in total. The fourth-order valence-electron chi connectivity index (χ4n) is 2.30. The molecule has 0 fully saturated rings. The second kappa shape index (κ2) is 7.22. The van der Waals surface area contributed by atoms with Crippen molar-refractivity contribution in [1.82, 2.24) is 4.98 Å². The minimum atomic E-state index is -0.339. The van der Waals surface area contributed by atoms with Gasteiger partial charge < -0.3 is 5.32 Å². The van der Waals surface area contributed by atoms with E-state index >= 15 is 0 Å². The summed E-state index contributed by atoms with van der Waals surface area (Å²) in [6.07, 6.45) is 1.53. The van der Waals surface area contributed by atoms with Crippen LogP contribution in [0, 0.1) is 0 Å². The average molecular weight is 378 g/mol. The summed E-state index contributed by atoms with van der Waals surface area (Å²) in [5.41, 5.74) is 2.54. The number of rotatable bonds is 3. The smallest absolute Gasteiger partial charge is 0.258 e. The summed E-state index contributed by atoms with van der Waals surface area (Å²) in [5.74, 6) is -0.339. The molecular weight excluding hydrogens is 367 g/mol. The monoisotopic (exact) mass is 376 g/mol. The highest BCUT2D eigenvalue weighted by Crippen LogP contribution is 2.32. The first-order valence-electron chi connectivity index (χ1n) is 7.02.